The summed E-state index contributed by atoms with van der Waals surface area (Å²) in [4.78, 5) is 2.73. The van der Waals surface area contributed by atoms with Crippen molar-refractivity contribution in [2.45, 2.75) is 39.2 Å². The van der Waals surface area contributed by atoms with Gasteiger partial charge in [-0.05, 0) is 61.7 Å². The van der Waals surface area contributed by atoms with E-state index < -0.39 is 0 Å². The number of hydrogen-bond donors (Lipinski definition) is 1. The number of aryl methyl sites for hydroxylation is 1. The maximum atomic E-state index is 13.5. The Bertz CT molecular complexity index is 582. The van der Waals surface area contributed by atoms with E-state index in [2.05, 4.69) is 47.2 Å². The first kappa shape index (κ1) is 16.7. The van der Waals surface area contributed by atoms with Gasteiger partial charge in [0.1, 0.15) is 5.82 Å². The monoisotopic (exact) mass is 369 g/mol. The van der Waals surface area contributed by atoms with Crippen LogP contribution in [0.5, 0.6) is 0 Å². The van der Waals surface area contributed by atoms with E-state index in [-0.39, 0.29) is 11.9 Å². The molecule has 0 aliphatic heterocycles. The smallest absolute Gasteiger partial charge is 0.123 e. The van der Waals surface area contributed by atoms with Crippen LogP contribution < -0.4 is 5.32 Å². The van der Waals surface area contributed by atoms with Crippen molar-refractivity contribution < 1.29 is 4.39 Å². The molecule has 1 aromatic carbocycles. The summed E-state index contributed by atoms with van der Waals surface area (Å²) in [5.74, 6) is -0.178. The Morgan fingerprint density at radius 1 is 1.24 bits per heavy atom. The molecule has 0 saturated carbocycles. The maximum absolute atomic E-state index is 13.5. The van der Waals surface area contributed by atoms with Crippen molar-refractivity contribution in [3.63, 3.8) is 0 Å². The molecule has 2 rings (SSSR count). The van der Waals surface area contributed by atoms with Crippen molar-refractivity contribution >= 4 is 27.3 Å². The molecule has 0 amide bonds. The molecule has 1 heterocycles. The van der Waals surface area contributed by atoms with Crippen LogP contribution in [0, 0.1) is 5.82 Å². The summed E-state index contributed by atoms with van der Waals surface area (Å²) < 4.78 is 14.4. The highest BCUT2D eigenvalue weighted by Crippen LogP contribution is 2.29. The molecule has 1 N–H and O–H groups in total. The van der Waals surface area contributed by atoms with E-state index in [1.54, 1.807) is 12.1 Å². The second-order valence-electron chi connectivity index (χ2n) is 5.10. The lowest BCUT2D eigenvalue weighted by Crippen LogP contribution is -2.23. The average Bonchev–Trinajstić information content (AvgIpc) is 2.95. The van der Waals surface area contributed by atoms with Crippen LogP contribution in [0.3, 0.4) is 0 Å². The lowest BCUT2D eigenvalue weighted by atomic mass is 10.0. The fourth-order valence-corrected chi connectivity index (χ4v) is 3.72. The van der Waals surface area contributed by atoms with Crippen LogP contribution in [0.1, 0.15) is 41.6 Å². The molecule has 21 heavy (non-hydrogen) atoms. The summed E-state index contributed by atoms with van der Waals surface area (Å²) in [5, 5.41) is 3.59. The van der Waals surface area contributed by atoms with E-state index in [1.807, 2.05) is 11.3 Å². The van der Waals surface area contributed by atoms with Crippen LogP contribution in [-0.2, 0) is 12.8 Å². The van der Waals surface area contributed by atoms with Crippen LogP contribution in [-0.4, -0.2) is 6.54 Å². The van der Waals surface area contributed by atoms with Gasteiger partial charge in [0.2, 0.25) is 0 Å². The van der Waals surface area contributed by atoms with Crippen molar-refractivity contribution in [2.75, 3.05) is 6.54 Å². The third-order valence-electron chi connectivity index (χ3n) is 3.45. The highest BCUT2D eigenvalue weighted by molar-refractivity contribution is 9.10. The Morgan fingerprint density at radius 2 is 2.05 bits per heavy atom. The SMILES string of the molecule is CCCNC(Cc1cc(F)ccc1Br)c1ccc(CC)s1. The first-order valence-electron chi connectivity index (χ1n) is 7.40. The molecule has 114 valence electrons. The number of halogens is 2. The quantitative estimate of drug-likeness (QED) is 0.679. The summed E-state index contributed by atoms with van der Waals surface area (Å²) >= 11 is 5.38. The van der Waals surface area contributed by atoms with Crippen LogP contribution in [0.4, 0.5) is 4.39 Å². The number of nitrogens with one attached hydrogen (secondary N) is 1. The average molecular weight is 370 g/mol. The third kappa shape index (κ3) is 4.63. The van der Waals surface area contributed by atoms with Crippen molar-refractivity contribution in [2.24, 2.45) is 0 Å². The zero-order valence-corrected chi connectivity index (χ0v) is 14.9. The van der Waals surface area contributed by atoms with Crippen LogP contribution in [0.25, 0.3) is 0 Å². The Hall–Kier alpha value is -0.710. The predicted octanol–water partition coefficient (Wildman–Crippen LogP) is 5.50. The van der Waals surface area contributed by atoms with Gasteiger partial charge in [-0.15, -0.1) is 11.3 Å². The standard InChI is InChI=1S/C17H21BrFNS/c1-3-9-20-16(17-8-6-14(4-2)21-17)11-12-10-13(19)5-7-15(12)18/h5-8,10,16,20H,3-4,9,11H2,1-2H3. The van der Waals surface area contributed by atoms with E-state index in [1.165, 1.54) is 15.8 Å². The van der Waals surface area contributed by atoms with Gasteiger partial charge in [0.25, 0.3) is 0 Å². The minimum Gasteiger partial charge on any atom is -0.309 e. The first-order valence-corrected chi connectivity index (χ1v) is 9.00. The highest BCUT2D eigenvalue weighted by Gasteiger charge is 2.15. The molecular weight excluding hydrogens is 349 g/mol. The fraction of sp³-hybridized carbons (Fsp3) is 0.412. The van der Waals surface area contributed by atoms with E-state index in [4.69, 9.17) is 0 Å². The summed E-state index contributed by atoms with van der Waals surface area (Å²) in [5.41, 5.74) is 1.01. The summed E-state index contributed by atoms with van der Waals surface area (Å²) in [6.07, 6.45) is 2.95. The van der Waals surface area contributed by atoms with Crippen LogP contribution in [0.15, 0.2) is 34.8 Å². The van der Waals surface area contributed by atoms with E-state index in [0.717, 1.165) is 35.8 Å². The molecule has 0 fully saturated rings. The normalized spacial score (nSPS) is 12.6. The van der Waals surface area contributed by atoms with Gasteiger partial charge in [-0.2, -0.15) is 0 Å². The minimum atomic E-state index is -0.178. The predicted molar refractivity (Wildman–Crippen MR) is 92.5 cm³/mol. The molecule has 0 aliphatic carbocycles. The molecule has 0 saturated heterocycles. The molecule has 0 aliphatic rings. The van der Waals surface area contributed by atoms with Crippen molar-refractivity contribution in [1.82, 2.24) is 5.32 Å². The molecule has 0 bridgehead atoms. The molecular formula is C17H21BrFNS. The molecule has 2 aromatic rings. The van der Waals surface area contributed by atoms with Gasteiger partial charge < -0.3 is 5.32 Å². The molecule has 0 spiro atoms. The van der Waals surface area contributed by atoms with Gasteiger partial charge in [-0.25, -0.2) is 4.39 Å². The molecule has 1 unspecified atom stereocenters. The molecule has 1 nitrogen and oxygen atoms in total. The van der Waals surface area contributed by atoms with Crippen molar-refractivity contribution in [1.29, 1.82) is 0 Å². The van der Waals surface area contributed by atoms with E-state index in [0.29, 0.717) is 0 Å². The molecule has 0 radical (unpaired) electrons. The number of rotatable bonds is 7. The van der Waals surface area contributed by atoms with E-state index >= 15 is 0 Å². The summed E-state index contributed by atoms with van der Waals surface area (Å²) in [7, 11) is 0. The number of thiophene rings is 1. The largest absolute Gasteiger partial charge is 0.309 e. The topological polar surface area (TPSA) is 12.0 Å². The van der Waals surface area contributed by atoms with Gasteiger partial charge >= 0.3 is 0 Å². The van der Waals surface area contributed by atoms with Crippen molar-refractivity contribution in [3.05, 3.63) is 55.9 Å². The van der Waals surface area contributed by atoms with E-state index in [9.17, 15) is 4.39 Å². The number of hydrogen-bond acceptors (Lipinski definition) is 2. The molecule has 4 heteroatoms. The second kappa shape index (κ2) is 8.06. The van der Waals surface area contributed by atoms with Gasteiger partial charge in [0, 0.05) is 20.3 Å². The first-order chi connectivity index (χ1) is 10.1. The van der Waals surface area contributed by atoms with Crippen LogP contribution >= 0.6 is 27.3 Å². The lowest BCUT2D eigenvalue weighted by molar-refractivity contribution is 0.533. The highest BCUT2D eigenvalue weighted by atomic mass is 79.9. The van der Waals surface area contributed by atoms with Crippen LogP contribution in [0.2, 0.25) is 0 Å². The zero-order chi connectivity index (χ0) is 15.2. The van der Waals surface area contributed by atoms with Gasteiger partial charge in [0.05, 0.1) is 0 Å². The van der Waals surface area contributed by atoms with Gasteiger partial charge in [-0.1, -0.05) is 29.8 Å². The molecule has 1 aromatic heterocycles. The molecule has 1 atom stereocenters. The van der Waals surface area contributed by atoms with Crippen molar-refractivity contribution in [3.8, 4) is 0 Å². The second-order valence-corrected chi connectivity index (χ2v) is 7.16. The minimum absolute atomic E-state index is 0.178. The fourth-order valence-electron chi connectivity index (χ4n) is 2.28. The maximum Gasteiger partial charge on any atom is 0.123 e. The zero-order valence-electron chi connectivity index (χ0n) is 12.5. The summed E-state index contributed by atoms with van der Waals surface area (Å²) in [6.45, 7) is 5.30. The third-order valence-corrected chi connectivity index (χ3v) is 5.56. The number of benzene rings is 1. The van der Waals surface area contributed by atoms with Gasteiger partial charge in [-0.3, -0.25) is 0 Å². The Kier molecular flexibility index (Phi) is 6.40. The Morgan fingerprint density at radius 3 is 2.71 bits per heavy atom. The Labute approximate surface area is 138 Å². The summed E-state index contributed by atoms with van der Waals surface area (Å²) in [6, 6.07) is 9.54. The Balaban J connectivity index is 2.21. The lowest BCUT2D eigenvalue weighted by Gasteiger charge is -2.18. The van der Waals surface area contributed by atoms with Gasteiger partial charge in [0.15, 0.2) is 0 Å².